The average molecular weight is 401 g/mol. The van der Waals surface area contributed by atoms with Gasteiger partial charge in [-0.1, -0.05) is 41.0 Å². The molecule has 0 spiro atoms. The number of rotatable bonds is 1. The molecule has 1 N–H and O–H groups in total. The number of hydrogen-bond acceptors (Lipinski definition) is 2. The van der Waals surface area contributed by atoms with Crippen LogP contribution in [0.15, 0.2) is 0 Å². The molecular formula is C27H44O2. The van der Waals surface area contributed by atoms with Crippen molar-refractivity contribution in [1.82, 2.24) is 0 Å². The van der Waals surface area contributed by atoms with Crippen LogP contribution in [-0.2, 0) is 4.79 Å². The summed E-state index contributed by atoms with van der Waals surface area (Å²) in [5.41, 5.74) is 1.18. The Labute approximate surface area is 178 Å². The quantitative estimate of drug-likeness (QED) is 0.517. The maximum absolute atomic E-state index is 12.2. The SMILES string of the molecule is CC1(C)C2CC[C@]3(C)C(CCC4C5CCC[C@]5(C=O)CC[C@]43C)[C@@]2(C)CC[C@@H]1O. The minimum Gasteiger partial charge on any atom is -0.393 e. The summed E-state index contributed by atoms with van der Waals surface area (Å²) in [6.45, 7) is 12.6. The van der Waals surface area contributed by atoms with Crippen molar-refractivity contribution < 1.29 is 9.90 Å². The Bertz CT molecular complexity index is 699. The fourth-order valence-corrected chi connectivity index (χ4v) is 10.8. The van der Waals surface area contributed by atoms with Crippen LogP contribution in [0.25, 0.3) is 0 Å². The molecule has 9 atom stereocenters. The summed E-state index contributed by atoms with van der Waals surface area (Å²) in [6.07, 6.45) is 14.8. The first-order valence-corrected chi connectivity index (χ1v) is 12.7. The summed E-state index contributed by atoms with van der Waals surface area (Å²) in [5.74, 6) is 2.80. The zero-order chi connectivity index (χ0) is 20.9. The van der Waals surface area contributed by atoms with Crippen molar-refractivity contribution in [1.29, 1.82) is 0 Å². The van der Waals surface area contributed by atoms with E-state index < -0.39 is 0 Å². The zero-order valence-corrected chi connectivity index (χ0v) is 19.6. The van der Waals surface area contributed by atoms with Gasteiger partial charge in [-0.3, -0.25) is 0 Å². The third-order valence-electron chi connectivity index (χ3n) is 12.6. The highest BCUT2D eigenvalue weighted by Gasteiger charge is 2.69. The van der Waals surface area contributed by atoms with Crippen LogP contribution in [0.3, 0.4) is 0 Å². The topological polar surface area (TPSA) is 37.3 Å². The predicted octanol–water partition coefficient (Wildman–Crippen LogP) is 6.40. The first-order chi connectivity index (χ1) is 13.6. The molecule has 5 saturated carbocycles. The van der Waals surface area contributed by atoms with Gasteiger partial charge < -0.3 is 9.90 Å². The van der Waals surface area contributed by atoms with Crippen LogP contribution < -0.4 is 0 Å². The van der Waals surface area contributed by atoms with Crippen molar-refractivity contribution in [3.63, 3.8) is 0 Å². The largest absolute Gasteiger partial charge is 0.393 e. The van der Waals surface area contributed by atoms with E-state index in [1.807, 2.05) is 0 Å². The van der Waals surface area contributed by atoms with Crippen LogP contribution in [0.2, 0.25) is 0 Å². The van der Waals surface area contributed by atoms with Gasteiger partial charge in [-0.2, -0.15) is 0 Å². The molecule has 0 aliphatic heterocycles. The Hall–Kier alpha value is -0.370. The average Bonchev–Trinajstić information content (AvgIpc) is 3.10. The van der Waals surface area contributed by atoms with E-state index >= 15 is 0 Å². The molecule has 2 nitrogen and oxygen atoms in total. The number of fused-ring (bicyclic) bond motifs is 7. The number of aliphatic hydroxyl groups is 1. The van der Waals surface area contributed by atoms with Crippen molar-refractivity contribution in [2.75, 3.05) is 0 Å². The second-order valence-electron chi connectivity index (χ2n) is 13.4. The summed E-state index contributed by atoms with van der Waals surface area (Å²) in [5, 5.41) is 10.8. The second-order valence-corrected chi connectivity index (χ2v) is 13.4. The summed E-state index contributed by atoms with van der Waals surface area (Å²) in [4.78, 5) is 12.2. The minimum absolute atomic E-state index is 0.0193. The Morgan fingerprint density at radius 3 is 2.21 bits per heavy atom. The molecule has 4 unspecified atom stereocenters. The highest BCUT2D eigenvalue weighted by Crippen LogP contribution is 2.76. The van der Waals surface area contributed by atoms with E-state index in [2.05, 4.69) is 34.6 Å². The summed E-state index contributed by atoms with van der Waals surface area (Å²) in [7, 11) is 0. The van der Waals surface area contributed by atoms with Gasteiger partial charge in [0.25, 0.3) is 0 Å². The standard InChI is InChI=1S/C27H44O2/c1-23(2)20-10-14-26(5)21(24(20,3)13-11-22(23)29)9-8-18-19-7-6-12-27(19,17-28)16-15-25(18,26)4/h17-22,29H,6-16H2,1-5H3/t18?,19?,20?,21?,22-,24-,25+,26+,27+/m0/s1. The molecule has 164 valence electrons. The van der Waals surface area contributed by atoms with E-state index in [9.17, 15) is 9.90 Å². The van der Waals surface area contributed by atoms with Gasteiger partial charge in [0.2, 0.25) is 0 Å². The van der Waals surface area contributed by atoms with Crippen molar-refractivity contribution in [2.24, 2.45) is 50.7 Å². The van der Waals surface area contributed by atoms with E-state index in [0.29, 0.717) is 28.1 Å². The molecule has 0 aromatic carbocycles. The zero-order valence-electron chi connectivity index (χ0n) is 19.6. The molecule has 5 aliphatic rings. The Morgan fingerprint density at radius 1 is 0.724 bits per heavy atom. The maximum Gasteiger partial charge on any atom is 0.126 e. The van der Waals surface area contributed by atoms with E-state index in [4.69, 9.17) is 0 Å². The molecule has 0 bridgehead atoms. The first kappa shape index (κ1) is 20.5. The monoisotopic (exact) mass is 400 g/mol. The van der Waals surface area contributed by atoms with Crippen LogP contribution in [0.4, 0.5) is 0 Å². The van der Waals surface area contributed by atoms with E-state index in [-0.39, 0.29) is 16.9 Å². The van der Waals surface area contributed by atoms with Crippen LogP contribution in [-0.4, -0.2) is 17.5 Å². The second kappa shape index (κ2) is 6.11. The van der Waals surface area contributed by atoms with Gasteiger partial charge >= 0.3 is 0 Å². The molecule has 5 aliphatic carbocycles. The minimum atomic E-state index is -0.141. The summed E-state index contributed by atoms with van der Waals surface area (Å²) < 4.78 is 0. The summed E-state index contributed by atoms with van der Waals surface area (Å²) in [6, 6.07) is 0. The number of hydrogen-bond donors (Lipinski definition) is 1. The van der Waals surface area contributed by atoms with Gasteiger partial charge in [0.15, 0.2) is 0 Å². The predicted molar refractivity (Wildman–Crippen MR) is 117 cm³/mol. The number of carbonyl (C=O) groups excluding carboxylic acids is 1. The third kappa shape index (κ3) is 2.31. The molecule has 0 aromatic heterocycles. The highest BCUT2D eigenvalue weighted by molar-refractivity contribution is 5.61. The molecule has 29 heavy (non-hydrogen) atoms. The normalized spacial score (nSPS) is 58.5. The lowest BCUT2D eigenvalue weighted by atomic mass is 9.32. The Balaban J connectivity index is 1.53. The van der Waals surface area contributed by atoms with Gasteiger partial charge in [-0.25, -0.2) is 0 Å². The van der Waals surface area contributed by atoms with Crippen LogP contribution in [0, 0.1) is 50.7 Å². The molecule has 5 fully saturated rings. The highest BCUT2D eigenvalue weighted by atomic mass is 16.3. The lowest BCUT2D eigenvalue weighted by Gasteiger charge is -2.72. The number of aldehydes is 1. The van der Waals surface area contributed by atoms with E-state index in [1.165, 1.54) is 57.7 Å². The van der Waals surface area contributed by atoms with Crippen LogP contribution >= 0.6 is 0 Å². The molecule has 2 heteroatoms. The van der Waals surface area contributed by atoms with Gasteiger partial charge in [0, 0.05) is 5.41 Å². The fourth-order valence-electron chi connectivity index (χ4n) is 10.8. The van der Waals surface area contributed by atoms with Crippen molar-refractivity contribution in [3.8, 4) is 0 Å². The summed E-state index contributed by atoms with van der Waals surface area (Å²) >= 11 is 0. The lowest BCUT2D eigenvalue weighted by molar-refractivity contribution is -0.243. The molecule has 0 aromatic rings. The van der Waals surface area contributed by atoms with Gasteiger partial charge in [-0.05, 0) is 110 Å². The van der Waals surface area contributed by atoms with E-state index in [1.54, 1.807) is 0 Å². The first-order valence-electron chi connectivity index (χ1n) is 12.7. The van der Waals surface area contributed by atoms with Crippen LogP contribution in [0.1, 0.15) is 105 Å². The van der Waals surface area contributed by atoms with Crippen molar-refractivity contribution in [2.45, 2.75) is 111 Å². The smallest absolute Gasteiger partial charge is 0.126 e. The third-order valence-corrected chi connectivity index (χ3v) is 12.6. The molecule has 0 radical (unpaired) electrons. The number of aliphatic hydroxyl groups excluding tert-OH is 1. The van der Waals surface area contributed by atoms with E-state index in [0.717, 1.165) is 31.1 Å². The van der Waals surface area contributed by atoms with Gasteiger partial charge in [0.1, 0.15) is 6.29 Å². The van der Waals surface area contributed by atoms with Crippen molar-refractivity contribution in [3.05, 3.63) is 0 Å². The van der Waals surface area contributed by atoms with Crippen molar-refractivity contribution >= 4 is 6.29 Å². The molecule has 0 amide bonds. The molecule has 0 saturated heterocycles. The maximum atomic E-state index is 12.2. The Kier molecular flexibility index (Phi) is 4.32. The number of carbonyl (C=O) groups is 1. The lowest BCUT2D eigenvalue weighted by Crippen LogP contribution is -2.66. The van der Waals surface area contributed by atoms with Gasteiger partial charge in [-0.15, -0.1) is 0 Å². The Morgan fingerprint density at radius 2 is 1.48 bits per heavy atom. The molecular weight excluding hydrogens is 356 g/mol. The van der Waals surface area contributed by atoms with Gasteiger partial charge in [0.05, 0.1) is 6.10 Å². The molecule has 0 heterocycles. The molecule has 5 rings (SSSR count). The van der Waals surface area contributed by atoms with Crippen LogP contribution in [0.5, 0.6) is 0 Å². The fraction of sp³-hybridized carbons (Fsp3) is 0.963.